The summed E-state index contributed by atoms with van der Waals surface area (Å²) in [6.07, 6.45) is 3.32. The molecule has 4 nitrogen and oxygen atoms in total. The fourth-order valence-corrected chi connectivity index (χ4v) is 2.75. The van der Waals surface area contributed by atoms with Gasteiger partial charge in [-0.3, -0.25) is 9.69 Å². The van der Waals surface area contributed by atoms with Gasteiger partial charge in [-0.25, -0.2) is 0 Å². The van der Waals surface area contributed by atoms with E-state index in [2.05, 4.69) is 11.8 Å². The minimum atomic E-state index is 0.256. The lowest BCUT2D eigenvalue weighted by molar-refractivity contribution is -0.133. The molecular weight excluding hydrogens is 216 g/mol. The number of hydrogen-bond donors (Lipinski definition) is 1. The smallest absolute Gasteiger partial charge is 0.236 e. The summed E-state index contributed by atoms with van der Waals surface area (Å²) in [6, 6.07) is 0. The average molecular weight is 240 g/mol. The Morgan fingerprint density at radius 2 is 1.94 bits per heavy atom. The molecule has 0 aliphatic carbocycles. The second kappa shape index (κ2) is 5.83. The molecule has 1 N–H and O–H groups in total. The Labute approximate surface area is 104 Å². The Hall–Kier alpha value is -0.610. The van der Waals surface area contributed by atoms with Crippen LogP contribution in [-0.2, 0) is 4.79 Å². The topological polar surface area (TPSA) is 43.8 Å². The maximum absolute atomic E-state index is 12.1. The van der Waals surface area contributed by atoms with E-state index in [1.807, 2.05) is 4.90 Å². The van der Waals surface area contributed by atoms with Crippen molar-refractivity contribution in [2.45, 2.75) is 26.2 Å². The number of nitrogens with zero attached hydrogens (tertiary/aromatic N) is 2. The van der Waals surface area contributed by atoms with E-state index in [-0.39, 0.29) is 12.5 Å². The highest BCUT2D eigenvalue weighted by molar-refractivity contribution is 5.78. The summed E-state index contributed by atoms with van der Waals surface area (Å²) in [6.45, 7) is 6.76. The van der Waals surface area contributed by atoms with Crippen molar-refractivity contribution in [2.75, 3.05) is 39.3 Å². The molecule has 2 aliphatic heterocycles. The second-order valence-electron chi connectivity index (χ2n) is 5.64. The lowest BCUT2D eigenvalue weighted by Gasteiger charge is -2.31. The van der Waals surface area contributed by atoms with Crippen LogP contribution in [-0.4, -0.2) is 60.1 Å². The number of carbonyl (C=O) groups is 1. The van der Waals surface area contributed by atoms with Crippen molar-refractivity contribution in [3.63, 3.8) is 0 Å². The van der Waals surface area contributed by atoms with Crippen molar-refractivity contribution in [1.29, 1.82) is 0 Å². The van der Waals surface area contributed by atoms with E-state index in [0.29, 0.717) is 12.5 Å². The molecule has 1 atom stereocenters. The lowest BCUT2D eigenvalue weighted by atomic mass is 9.99. The number of aliphatic hydroxyl groups is 1. The molecule has 4 heteroatoms. The van der Waals surface area contributed by atoms with Gasteiger partial charge in [0, 0.05) is 26.2 Å². The van der Waals surface area contributed by atoms with Crippen molar-refractivity contribution in [3.05, 3.63) is 0 Å². The van der Waals surface area contributed by atoms with E-state index in [9.17, 15) is 4.79 Å². The lowest BCUT2D eigenvalue weighted by Crippen LogP contribution is -2.43. The zero-order valence-corrected chi connectivity index (χ0v) is 10.8. The van der Waals surface area contributed by atoms with Crippen molar-refractivity contribution >= 4 is 5.91 Å². The first-order chi connectivity index (χ1) is 8.19. The summed E-state index contributed by atoms with van der Waals surface area (Å²) in [4.78, 5) is 16.3. The van der Waals surface area contributed by atoms with Gasteiger partial charge in [0.25, 0.3) is 0 Å². The van der Waals surface area contributed by atoms with Gasteiger partial charge >= 0.3 is 0 Å². The molecule has 2 heterocycles. The van der Waals surface area contributed by atoms with Gasteiger partial charge in [-0.15, -0.1) is 0 Å². The van der Waals surface area contributed by atoms with E-state index < -0.39 is 0 Å². The number of carbonyl (C=O) groups excluding carboxylic acids is 1. The highest BCUT2D eigenvalue weighted by atomic mass is 16.3. The monoisotopic (exact) mass is 240 g/mol. The summed E-state index contributed by atoms with van der Waals surface area (Å²) < 4.78 is 0. The fourth-order valence-electron chi connectivity index (χ4n) is 2.75. The molecule has 0 aromatic rings. The maximum Gasteiger partial charge on any atom is 0.236 e. The number of hydrogen-bond acceptors (Lipinski definition) is 3. The summed E-state index contributed by atoms with van der Waals surface area (Å²) in [7, 11) is 0. The number of likely N-dealkylation sites (tertiary alicyclic amines) is 2. The van der Waals surface area contributed by atoms with E-state index in [1.54, 1.807) is 0 Å². The van der Waals surface area contributed by atoms with Crippen LogP contribution in [0.5, 0.6) is 0 Å². The van der Waals surface area contributed by atoms with E-state index in [4.69, 9.17) is 5.11 Å². The van der Waals surface area contributed by atoms with Gasteiger partial charge in [0.1, 0.15) is 0 Å². The van der Waals surface area contributed by atoms with Crippen molar-refractivity contribution in [2.24, 2.45) is 11.8 Å². The molecule has 1 unspecified atom stereocenters. The molecule has 0 bridgehead atoms. The van der Waals surface area contributed by atoms with Crippen LogP contribution in [0.3, 0.4) is 0 Å². The van der Waals surface area contributed by atoms with Crippen LogP contribution >= 0.6 is 0 Å². The van der Waals surface area contributed by atoms with Gasteiger partial charge in [0.15, 0.2) is 0 Å². The molecule has 2 aliphatic rings. The van der Waals surface area contributed by atoms with Gasteiger partial charge < -0.3 is 10.0 Å². The molecule has 17 heavy (non-hydrogen) atoms. The zero-order valence-electron chi connectivity index (χ0n) is 10.8. The van der Waals surface area contributed by atoms with E-state index in [0.717, 1.165) is 51.4 Å². The average Bonchev–Trinajstić information content (AvgIpc) is 2.77. The Morgan fingerprint density at radius 3 is 2.53 bits per heavy atom. The largest absolute Gasteiger partial charge is 0.396 e. The van der Waals surface area contributed by atoms with Crippen LogP contribution in [0.1, 0.15) is 26.2 Å². The summed E-state index contributed by atoms with van der Waals surface area (Å²) in [5.74, 6) is 1.42. The Morgan fingerprint density at radius 1 is 1.24 bits per heavy atom. The summed E-state index contributed by atoms with van der Waals surface area (Å²) in [5, 5.41) is 9.07. The summed E-state index contributed by atoms with van der Waals surface area (Å²) >= 11 is 0. The first-order valence-corrected chi connectivity index (χ1v) is 6.80. The van der Waals surface area contributed by atoms with Crippen LogP contribution < -0.4 is 0 Å². The quantitative estimate of drug-likeness (QED) is 0.784. The highest BCUT2D eigenvalue weighted by Gasteiger charge is 2.26. The van der Waals surface area contributed by atoms with Gasteiger partial charge in [-0.05, 0) is 37.6 Å². The van der Waals surface area contributed by atoms with E-state index >= 15 is 0 Å². The van der Waals surface area contributed by atoms with Crippen LogP contribution in [0.25, 0.3) is 0 Å². The van der Waals surface area contributed by atoms with Crippen LogP contribution in [0.15, 0.2) is 0 Å². The number of rotatable bonds is 3. The minimum absolute atomic E-state index is 0.256. The first-order valence-electron chi connectivity index (χ1n) is 6.80. The molecule has 0 saturated carbocycles. The van der Waals surface area contributed by atoms with Crippen LogP contribution in [0.4, 0.5) is 0 Å². The molecule has 1 amide bonds. The van der Waals surface area contributed by atoms with E-state index in [1.165, 1.54) is 0 Å². The van der Waals surface area contributed by atoms with Crippen LogP contribution in [0, 0.1) is 11.8 Å². The van der Waals surface area contributed by atoms with Crippen molar-refractivity contribution in [1.82, 2.24) is 9.80 Å². The second-order valence-corrected chi connectivity index (χ2v) is 5.64. The standard InChI is InChI=1S/C13H24N2O2/c1-11-2-6-15(7-3-11)13(17)9-14-5-4-12(8-14)10-16/h11-12,16H,2-10H2,1H3. The number of piperidine rings is 1. The van der Waals surface area contributed by atoms with Gasteiger partial charge in [-0.2, -0.15) is 0 Å². The Kier molecular flexibility index (Phi) is 4.40. The highest BCUT2D eigenvalue weighted by Crippen LogP contribution is 2.18. The molecule has 0 aromatic heterocycles. The van der Waals surface area contributed by atoms with Crippen molar-refractivity contribution in [3.8, 4) is 0 Å². The van der Waals surface area contributed by atoms with Gasteiger partial charge in [0.05, 0.1) is 6.54 Å². The third kappa shape index (κ3) is 3.42. The fraction of sp³-hybridized carbons (Fsp3) is 0.923. The molecule has 0 spiro atoms. The minimum Gasteiger partial charge on any atom is -0.396 e. The third-order valence-electron chi connectivity index (χ3n) is 4.12. The molecule has 0 aromatic carbocycles. The predicted molar refractivity (Wildman–Crippen MR) is 66.6 cm³/mol. The number of amides is 1. The molecular formula is C13H24N2O2. The van der Waals surface area contributed by atoms with Gasteiger partial charge in [0.2, 0.25) is 5.91 Å². The molecule has 0 radical (unpaired) electrons. The van der Waals surface area contributed by atoms with Crippen molar-refractivity contribution < 1.29 is 9.90 Å². The molecule has 2 rings (SSSR count). The van der Waals surface area contributed by atoms with Crippen LogP contribution in [0.2, 0.25) is 0 Å². The Balaban J connectivity index is 1.74. The first kappa shape index (κ1) is 12.8. The SMILES string of the molecule is CC1CCN(C(=O)CN2CCC(CO)C2)CC1. The van der Waals surface area contributed by atoms with Gasteiger partial charge in [-0.1, -0.05) is 6.92 Å². The molecule has 2 fully saturated rings. The number of aliphatic hydroxyl groups excluding tert-OH is 1. The molecule has 98 valence electrons. The summed E-state index contributed by atoms with van der Waals surface area (Å²) in [5.41, 5.74) is 0. The predicted octanol–water partition coefficient (Wildman–Crippen LogP) is 0.559. The molecule has 2 saturated heterocycles. The zero-order chi connectivity index (χ0) is 12.3. The third-order valence-corrected chi connectivity index (χ3v) is 4.12. The normalized spacial score (nSPS) is 27.6. The maximum atomic E-state index is 12.1. The Bertz CT molecular complexity index is 262.